The van der Waals surface area contributed by atoms with Crippen molar-refractivity contribution in [2.24, 2.45) is 0 Å². The van der Waals surface area contributed by atoms with E-state index in [9.17, 15) is 4.79 Å². The van der Waals surface area contributed by atoms with Crippen LogP contribution in [-0.2, 0) is 0 Å². The number of rotatable bonds is 8. The molecular weight excluding hydrogens is 288 g/mol. The highest BCUT2D eigenvalue weighted by molar-refractivity contribution is 5.92. The molecule has 0 saturated heterocycles. The number of nitrogens with one attached hydrogen (secondary N) is 1. The Balaban J connectivity index is 1.86. The molecule has 0 unspecified atom stereocenters. The van der Waals surface area contributed by atoms with Crippen molar-refractivity contribution in [1.29, 1.82) is 0 Å². The van der Waals surface area contributed by atoms with Gasteiger partial charge in [0.05, 0.1) is 0 Å². The molecule has 0 bridgehead atoms. The van der Waals surface area contributed by atoms with E-state index in [-0.39, 0.29) is 5.91 Å². The highest BCUT2D eigenvalue weighted by Gasteiger charge is 2.13. The lowest BCUT2D eigenvalue weighted by Crippen LogP contribution is -2.28. The van der Waals surface area contributed by atoms with Gasteiger partial charge in [0.25, 0.3) is 5.91 Å². The average molecular weight is 316 g/mol. The van der Waals surface area contributed by atoms with E-state index in [0.29, 0.717) is 5.69 Å². The SMILES string of the molecule is CCCCN(C)C(=O)c1cc(NCCC2=CCCCC2)ncn1. The predicted molar refractivity (Wildman–Crippen MR) is 93.6 cm³/mol. The van der Waals surface area contributed by atoms with E-state index in [1.54, 1.807) is 11.0 Å². The molecule has 0 spiro atoms. The van der Waals surface area contributed by atoms with Crippen molar-refractivity contribution < 1.29 is 4.79 Å². The summed E-state index contributed by atoms with van der Waals surface area (Å²) in [4.78, 5) is 22.4. The first kappa shape index (κ1) is 17.4. The normalized spacial score (nSPS) is 14.3. The van der Waals surface area contributed by atoms with Crippen LogP contribution in [-0.4, -0.2) is 40.9 Å². The number of amides is 1. The molecule has 126 valence electrons. The number of allylic oxidation sites excluding steroid dienone is 1. The summed E-state index contributed by atoms with van der Waals surface area (Å²) < 4.78 is 0. The molecule has 0 radical (unpaired) electrons. The molecule has 1 amide bonds. The van der Waals surface area contributed by atoms with Crippen molar-refractivity contribution >= 4 is 11.7 Å². The third-order valence-electron chi connectivity index (χ3n) is 4.22. The second kappa shape index (κ2) is 9.28. The van der Waals surface area contributed by atoms with Crippen molar-refractivity contribution in [2.75, 3.05) is 25.5 Å². The van der Waals surface area contributed by atoms with Crippen LogP contribution in [0.1, 0.15) is 62.4 Å². The summed E-state index contributed by atoms with van der Waals surface area (Å²) in [6, 6.07) is 1.75. The van der Waals surface area contributed by atoms with Crippen molar-refractivity contribution in [1.82, 2.24) is 14.9 Å². The van der Waals surface area contributed by atoms with E-state index in [0.717, 1.165) is 38.2 Å². The molecule has 0 atom stereocenters. The summed E-state index contributed by atoms with van der Waals surface area (Å²) in [5.74, 6) is 0.683. The lowest BCUT2D eigenvalue weighted by molar-refractivity contribution is 0.0787. The van der Waals surface area contributed by atoms with Gasteiger partial charge in [0.2, 0.25) is 0 Å². The first-order valence-electron chi connectivity index (χ1n) is 8.70. The third-order valence-corrected chi connectivity index (χ3v) is 4.22. The Morgan fingerprint density at radius 3 is 2.96 bits per heavy atom. The summed E-state index contributed by atoms with van der Waals surface area (Å²) in [5.41, 5.74) is 1.99. The summed E-state index contributed by atoms with van der Waals surface area (Å²) in [6.07, 6.45) is 12.0. The van der Waals surface area contributed by atoms with Gasteiger partial charge in [-0.1, -0.05) is 25.0 Å². The van der Waals surface area contributed by atoms with Crippen LogP contribution < -0.4 is 5.32 Å². The van der Waals surface area contributed by atoms with Crippen LogP contribution in [0.3, 0.4) is 0 Å². The topological polar surface area (TPSA) is 58.1 Å². The molecule has 0 saturated carbocycles. The van der Waals surface area contributed by atoms with Gasteiger partial charge in [-0.15, -0.1) is 0 Å². The van der Waals surface area contributed by atoms with E-state index in [1.165, 1.54) is 37.6 Å². The van der Waals surface area contributed by atoms with E-state index in [1.807, 2.05) is 7.05 Å². The Morgan fingerprint density at radius 1 is 1.35 bits per heavy atom. The van der Waals surface area contributed by atoms with E-state index in [2.05, 4.69) is 28.3 Å². The Bertz CT molecular complexity index is 542. The summed E-state index contributed by atoms with van der Waals surface area (Å²) in [7, 11) is 1.82. The first-order chi connectivity index (χ1) is 11.2. The highest BCUT2D eigenvalue weighted by atomic mass is 16.2. The van der Waals surface area contributed by atoms with Gasteiger partial charge in [0, 0.05) is 26.2 Å². The van der Waals surface area contributed by atoms with Gasteiger partial charge >= 0.3 is 0 Å². The maximum atomic E-state index is 12.3. The second-order valence-electron chi connectivity index (χ2n) is 6.15. The van der Waals surface area contributed by atoms with Crippen molar-refractivity contribution in [3.8, 4) is 0 Å². The summed E-state index contributed by atoms with van der Waals surface area (Å²) in [6.45, 7) is 3.73. The smallest absolute Gasteiger partial charge is 0.272 e. The van der Waals surface area contributed by atoms with Crippen molar-refractivity contribution in [3.05, 3.63) is 29.7 Å². The molecule has 0 fully saturated rings. The zero-order valence-corrected chi connectivity index (χ0v) is 14.3. The average Bonchev–Trinajstić information content (AvgIpc) is 2.60. The number of hydrogen-bond acceptors (Lipinski definition) is 4. The molecule has 1 aliphatic carbocycles. The first-order valence-corrected chi connectivity index (χ1v) is 8.70. The number of nitrogens with zero attached hydrogens (tertiary/aromatic N) is 3. The number of aromatic nitrogens is 2. The van der Waals surface area contributed by atoms with Crippen LogP contribution >= 0.6 is 0 Å². The Hall–Kier alpha value is -1.91. The fourth-order valence-electron chi connectivity index (χ4n) is 2.75. The second-order valence-corrected chi connectivity index (χ2v) is 6.15. The monoisotopic (exact) mass is 316 g/mol. The molecule has 5 heteroatoms. The molecule has 1 aliphatic rings. The minimum Gasteiger partial charge on any atom is -0.370 e. The molecule has 1 aromatic heterocycles. The molecule has 0 aliphatic heterocycles. The molecule has 2 rings (SSSR count). The van der Waals surface area contributed by atoms with E-state index < -0.39 is 0 Å². The Kier molecular flexibility index (Phi) is 7.04. The maximum Gasteiger partial charge on any atom is 0.272 e. The Labute approximate surface area is 139 Å². The van der Waals surface area contributed by atoms with Crippen LogP contribution in [0.5, 0.6) is 0 Å². The fraction of sp³-hybridized carbons (Fsp3) is 0.611. The van der Waals surface area contributed by atoms with Gasteiger partial charge in [-0.05, 0) is 38.5 Å². The molecule has 1 aromatic rings. The van der Waals surface area contributed by atoms with Gasteiger partial charge in [-0.25, -0.2) is 9.97 Å². The number of anilines is 1. The summed E-state index contributed by atoms with van der Waals surface area (Å²) in [5, 5.41) is 3.31. The molecular formula is C18H28N4O. The number of hydrogen-bond donors (Lipinski definition) is 1. The quantitative estimate of drug-likeness (QED) is 0.744. The van der Waals surface area contributed by atoms with Crippen LogP contribution in [0.15, 0.2) is 24.0 Å². The molecule has 0 aromatic carbocycles. The standard InChI is InChI=1S/C18H28N4O/c1-3-4-12-22(2)18(23)16-13-17(21-14-20-16)19-11-10-15-8-6-5-7-9-15/h8,13-14H,3-7,9-12H2,1-2H3,(H,19,20,21). The van der Waals surface area contributed by atoms with Gasteiger partial charge in [-0.3, -0.25) is 4.79 Å². The zero-order valence-electron chi connectivity index (χ0n) is 14.3. The number of carbonyl (C=O) groups is 1. The minimum atomic E-state index is -0.0427. The van der Waals surface area contributed by atoms with E-state index >= 15 is 0 Å². The zero-order chi connectivity index (χ0) is 16.5. The van der Waals surface area contributed by atoms with Gasteiger partial charge in [-0.2, -0.15) is 0 Å². The van der Waals surface area contributed by atoms with Crippen LogP contribution in [0.4, 0.5) is 5.82 Å². The van der Waals surface area contributed by atoms with Gasteiger partial charge in [0.1, 0.15) is 17.8 Å². The van der Waals surface area contributed by atoms with Crippen molar-refractivity contribution in [3.63, 3.8) is 0 Å². The van der Waals surface area contributed by atoms with Gasteiger partial charge in [0.15, 0.2) is 0 Å². The minimum absolute atomic E-state index is 0.0427. The predicted octanol–water partition coefficient (Wildman–Crippen LogP) is 3.65. The van der Waals surface area contributed by atoms with Crippen LogP contribution in [0.2, 0.25) is 0 Å². The maximum absolute atomic E-state index is 12.3. The molecule has 23 heavy (non-hydrogen) atoms. The van der Waals surface area contributed by atoms with Gasteiger partial charge < -0.3 is 10.2 Å². The number of unbranched alkanes of at least 4 members (excludes halogenated alkanes) is 1. The lowest BCUT2D eigenvalue weighted by atomic mass is 9.97. The van der Waals surface area contributed by atoms with Crippen LogP contribution in [0, 0.1) is 0 Å². The number of carbonyl (C=O) groups excluding carboxylic acids is 1. The third kappa shape index (κ3) is 5.66. The fourth-order valence-corrected chi connectivity index (χ4v) is 2.75. The largest absolute Gasteiger partial charge is 0.370 e. The summed E-state index contributed by atoms with van der Waals surface area (Å²) >= 11 is 0. The highest BCUT2D eigenvalue weighted by Crippen LogP contribution is 2.20. The Morgan fingerprint density at radius 2 is 2.22 bits per heavy atom. The lowest BCUT2D eigenvalue weighted by Gasteiger charge is -2.16. The molecule has 1 heterocycles. The molecule has 5 nitrogen and oxygen atoms in total. The van der Waals surface area contributed by atoms with E-state index in [4.69, 9.17) is 0 Å². The van der Waals surface area contributed by atoms with Crippen molar-refractivity contribution in [2.45, 2.75) is 51.9 Å². The molecule has 1 N–H and O–H groups in total. The van der Waals surface area contributed by atoms with Crippen LogP contribution in [0.25, 0.3) is 0 Å².